The maximum atomic E-state index is 2.24. The van der Waals surface area contributed by atoms with E-state index in [1.807, 2.05) is 189 Å². The van der Waals surface area contributed by atoms with Crippen molar-refractivity contribution in [1.82, 2.24) is 0 Å². The standard InChI is InChI=1S/2C14H10.C13H12.C10H8.C6H6.11C2H6/c1-3-7-13-11(5-1)9-10-12-6-2-4-8-14(12)13;1-2-6-12-10-14-8-4-3-7-13(14)9-11(12)5-1;1-3-7-12(8-4-1)11-13-9-5-2-6-10-13;1-2-6-10-8-4-3-7-9(10)5-1;1-2-4-6-5-3-1;11*1-2/h2*1-10H;1-10H,11H2;1-8H;1-6H;11*1-2H3. The summed E-state index contributed by atoms with van der Waals surface area (Å²) in [6.45, 7) is 44.0. The summed E-state index contributed by atoms with van der Waals surface area (Å²) >= 11 is 0. The topological polar surface area (TPSA) is 0 Å². The van der Waals surface area contributed by atoms with Crippen LogP contribution in [0.1, 0.15) is 163 Å². The number of hydrogen-bond acceptors (Lipinski definition) is 0. The molecule has 11 rings (SSSR count). The van der Waals surface area contributed by atoms with Gasteiger partial charge in [-0.25, -0.2) is 0 Å². The molecular weight excluding hydrogens is 949 g/mol. The van der Waals surface area contributed by atoms with Crippen LogP contribution < -0.4 is 0 Å². The molecule has 0 aromatic heterocycles. The van der Waals surface area contributed by atoms with E-state index in [-0.39, 0.29) is 0 Å². The van der Waals surface area contributed by atoms with E-state index in [2.05, 4.69) is 231 Å². The van der Waals surface area contributed by atoms with Crippen LogP contribution in [0.2, 0.25) is 0 Å². The minimum Gasteiger partial charge on any atom is -0.0683 e. The Balaban J connectivity index is -0.000000269. The lowest BCUT2D eigenvalue weighted by atomic mass is 10.0. The lowest BCUT2D eigenvalue weighted by Crippen LogP contribution is -1.85. The summed E-state index contributed by atoms with van der Waals surface area (Å²) in [6.07, 6.45) is 1.03. The Kier molecular flexibility index (Phi) is 64.5. The van der Waals surface area contributed by atoms with Gasteiger partial charge in [-0.2, -0.15) is 0 Å². The van der Waals surface area contributed by atoms with Crippen molar-refractivity contribution in [3.8, 4) is 0 Å². The summed E-state index contributed by atoms with van der Waals surface area (Å²) in [5, 5.41) is 13.2. The Bertz CT molecular complexity index is 2550. The van der Waals surface area contributed by atoms with Crippen molar-refractivity contribution in [2.45, 2.75) is 159 Å². The van der Waals surface area contributed by atoms with Crippen molar-refractivity contribution in [3.05, 3.63) is 278 Å². The van der Waals surface area contributed by atoms with E-state index in [0.29, 0.717) is 0 Å². The van der Waals surface area contributed by atoms with Crippen LogP contribution in [0.3, 0.4) is 0 Å². The van der Waals surface area contributed by atoms with Gasteiger partial charge in [-0.05, 0) is 83.5 Å². The minimum absolute atomic E-state index is 1.03. The molecule has 0 heterocycles. The summed E-state index contributed by atoms with van der Waals surface area (Å²) < 4.78 is 0. The van der Waals surface area contributed by atoms with E-state index in [0.717, 1.165) is 6.42 Å². The highest BCUT2D eigenvalue weighted by Gasteiger charge is 1.98. The molecule has 11 aromatic carbocycles. The van der Waals surface area contributed by atoms with Crippen LogP contribution in [0.5, 0.6) is 0 Å². The summed E-state index contributed by atoms with van der Waals surface area (Å²) in [6, 6.07) is 92.6. The molecule has 0 spiro atoms. The Morgan fingerprint density at radius 1 is 0.152 bits per heavy atom. The number of rotatable bonds is 2. The lowest BCUT2D eigenvalue weighted by molar-refractivity contribution is 1.19. The van der Waals surface area contributed by atoms with Gasteiger partial charge >= 0.3 is 0 Å². The van der Waals surface area contributed by atoms with Gasteiger partial charge in [0.1, 0.15) is 0 Å². The van der Waals surface area contributed by atoms with Crippen LogP contribution in [-0.2, 0) is 6.42 Å². The SMILES string of the molecule is CC.CC.CC.CC.CC.CC.CC.CC.CC.CC.CC.c1ccc(Cc2ccccc2)cc1.c1ccc2c(c1)ccc1ccccc12.c1ccc2cc3ccccc3cc2c1.c1ccc2ccccc2c1.c1ccccc1. The van der Waals surface area contributed by atoms with Crippen LogP contribution in [0.25, 0.3) is 53.9 Å². The lowest BCUT2D eigenvalue weighted by Gasteiger charge is -2.02. The van der Waals surface area contributed by atoms with Crippen molar-refractivity contribution >= 4 is 53.9 Å². The average molecular weight is 1060 g/mol. The highest BCUT2D eigenvalue weighted by molar-refractivity contribution is 6.07. The van der Waals surface area contributed by atoms with Gasteiger partial charge in [-0.3, -0.25) is 0 Å². The molecule has 11 aromatic rings. The molecule has 0 unspecified atom stereocenters. The maximum Gasteiger partial charge on any atom is -0.00258 e. The summed E-state index contributed by atoms with van der Waals surface area (Å²) in [5.74, 6) is 0. The fraction of sp³-hybridized carbons (Fsp3) is 0.291. The maximum absolute atomic E-state index is 2.24. The normalized spacial score (nSPS) is 8.18. The Hall–Kier alpha value is -7.28. The molecule has 0 heteroatoms. The molecule has 0 aliphatic heterocycles. The van der Waals surface area contributed by atoms with Gasteiger partial charge in [0.25, 0.3) is 0 Å². The molecule has 0 amide bonds. The smallest absolute Gasteiger partial charge is 0.00258 e. The van der Waals surface area contributed by atoms with Crippen molar-refractivity contribution in [1.29, 1.82) is 0 Å². The van der Waals surface area contributed by atoms with E-state index in [1.54, 1.807) is 0 Å². The number of benzene rings is 11. The van der Waals surface area contributed by atoms with E-state index in [4.69, 9.17) is 0 Å². The van der Waals surface area contributed by atoms with Crippen LogP contribution in [0.15, 0.2) is 267 Å². The molecule has 79 heavy (non-hydrogen) atoms. The molecule has 0 atom stereocenters. The Morgan fingerprint density at radius 3 is 0.544 bits per heavy atom. The molecule has 0 fully saturated rings. The van der Waals surface area contributed by atoms with E-state index < -0.39 is 0 Å². The van der Waals surface area contributed by atoms with E-state index in [1.165, 1.54) is 65.0 Å². The van der Waals surface area contributed by atoms with Gasteiger partial charge in [0, 0.05) is 0 Å². The van der Waals surface area contributed by atoms with E-state index >= 15 is 0 Å². The van der Waals surface area contributed by atoms with Gasteiger partial charge in [0.15, 0.2) is 0 Å². The third-order valence-corrected chi connectivity index (χ3v) is 9.69. The van der Waals surface area contributed by atoms with Crippen LogP contribution in [0.4, 0.5) is 0 Å². The summed E-state index contributed by atoms with van der Waals surface area (Å²) in [5.41, 5.74) is 2.74. The largest absolute Gasteiger partial charge is 0.0683 e. The zero-order chi connectivity index (χ0) is 60.7. The van der Waals surface area contributed by atoms with Crippen LogP contribution >= 0.6 is 0 Å². The second-order valence-electron chi connectivity index (χ2n) is 13.7. The Labute approximate surface area is 488 Å². The first kappa shape index (κ1) is 80.6. The third-order valence-electron chi connectivity index (χ3n) is 9.69. The summed E-state index contributed by atoms with van der Waals surface area (Å²) in [4.78, 5) is 0. The zero-order valence-corrected chi connectivity index (χ0v) is 54.1. The highest BCUT2D eigenvalue weighted by atomic mass is 14.0. The van der Waals surface area contributed by atoms with Gasteiger partial charge in [0.2, 0.25) is 0 Å². The van der Waals surface area contributed by atoms with Gasteiger partial charge < -0.3 is 0 Å². The zero-order valence-electron chi connectivity index (χ0n) is 54.1. The second-order valence-corrected chi connectivity index (χ2v) is 13.7. The molecule has 0 aliphatic carbocycles. The van der Waals surface area contributed by atoms with Crippen LogP contribution in [0, 0.1) is 0 Å². The Morgan fingerprint density at radius 2 is 0.316 bits per heavy atom. The second kappa shape index (κ2) is 63.3. The molecule has 0 saturated heterocycles. The molecule has 0 bridgehead atoms. The molecule has 0 radical (unpaired) electrons. The van der Waals surface area contributed by atoms with Crippen molar-refractivity contribution < 1.29 is 0 Å². The fourth-order valence-corrected chi connectivity index (χ4v) is 6.78. The number of fused-ring (bicyclic) bond motifs is 6. The van der Waals surface area contributed by atoms with Crippen molar-refractivity contribution in [3.63, 3.8) is 0 Å². The molecule has 0 N–H and O–H groups in total. The average Bonchev–Trinajstić information content (AvgIpc) is 3.59. The molecular formula is C79H112. The fourth-order valence-electron chi connectivity index (χ4n) is 6.78. The highest BCUT2D eigenvalue weighted by Crippen LogP contribution is 2.25. The molecule has 428 valence electrons. The first-order valence-corrected chi connectivity index (χ1v) is 30.6. The van der Waals surface area contributed by atoms with Crippen LogP contribution in [-0.4, -0.2) is 0 Å². The van der Waals surface area contributed by atoms with Gasteiger partial charge in [-0.15, -0.1) is 0 Å². The molecule has 0 nitrogen and oxygen atoms in total. The van der Waals surface area contributed by atoms with Crippen molar-refractivity contribution in [2.75, 3.05) is 0 Å². The van der Waals surface area contributed by atoms with Crippen molar-refractivity contribution in [2.24, 2.45) is 0 Å². The predicted octanol–water partition coefficient (Wildman–Crippen LogP) is 27.1. The molecule has 0 aliphatic rings. The predicted molar refractivity (Wildman–Crippen MR) is 374 cm³/mol. The summed E-state index contributed by atoms with van der Waals surface area (Å²) in [7, 11) is 0. The quantitative estimate of drug-likeness (QED) is 0.120. The van der Waals surface area contributed by atoms with Gasteiger partial charge in [0.05, 0.1) is 0 Å². The molecule has 0 saturated carbocycles. The van der Waals surface area contributed by atoms with E-state index in [9.17, 15) is 0 Å². The third kappa shape index (κ3) is 35.0. The number of hydrogen-bond donors (Lipinski definition) is 0. The monoisotopic (exact) mass is 1060 g/mol. The first-order chi connectivity index (χ1) is 39.3. The first-order valence-electron chi connectivity index (χ1n) is 30.6. The van der Waals surface area contributed by atoms with Gasteiger partial charge in [-0.1, -0.05) is 407 Å². The minimum atomic E-state index is 1.03.